The molecule has 1 aromatic carbocycles. The summed E-state index contributed by atoms with van der Waals surface area (Å²) in [4.78, 5) is 16.5. The number of nitrogens with zero attached hydrogens (tertiary/aromatic N) is 5. The van der Waals surface area contributed by atoms with Gasteiger partial charge in [-0.3, -0.25) is 9.48 Å². The Morgan fingerprint density at radius 2 is 2.19 bits per heavy atom. The summed E-state index contributed by atoms with van der Waals surface area (Å²) in [5.41, 5.74) is 1.72. The monoisotopic (exact) mass is 370 g/mol. The van der Waals surface area contributed by atoms with E-state index in [1.165, 1.54) is 22.8 Å². The molecule has 0 aliphatic carbocycles. The van der Waals surface area contributed by atoms with Crippen molar-refractivity contribution in [3.63, 3.8) is 0 Å². The minimum absolute atomic E-state index is 0.0725. The minimum atomic E-state index is -0.467. The number of halogens is 2. The van der Waals surface area contributed by atoms with Gasteiger partial charge in [-0.2, -0.15) is 10.2 Å². The first-order chi connectivity index (χ1) is 12.6. The quantitative estimate of drug-likeness (QED) is 0.599. The maximum atomic E-state index is 13.2. The molecule has 4 aromatic rings. The standard InChI is InChI=1S/C17H12ClFN6O/c18-14-15(23-25-6-2-5-20-16(14)25)17(26)22-13-8-21-24(10-13)9-11-3-1-4-12(19)7-11/h1-8,10H,9H2,(H,22,26). The van der Waals surface area contributed by atoms with Crippen LogP contribution >= 0.6 is 11.6 Å². The molecular weight excluding hydrogens is 359 g/mol. The average molecular weight is 371 g/mol. The summed E-state index contributed by atoms with van der Waals surface area (Å²) in [5, 5.41) is 11.2. The van der Waals surface area contributed by atoms with Crippen molar-refractivity contribution in [2.24, 2.45) is 0 Å². The molecule has 130 valence electrons. The Morgan fingerprint density at radius 1 is 1.31 bits per heavy atom. The van der Waals surface area contributed by atoms with E-state index < -0.39 is 5.91 Å². The fraction of sp³-hybridized carbons (Fsp3) is 0.0588. The van der Waals surface area contributed by atoms with Crippen molar-refractivity contribution in [1.82, 2.24) is 24.4 Å². The maximum Gasteiger partial charge on any atom is 0.277 e. The molecule has 0 aliphatic heterocycles. The number of aromatic nitrogens is 5. The number of carbonyl (C=O) groups excluding carboxylic acids is 1. The van der Waals surface area contributed by atoms with E-state index in [1.807, 2.05) is 0 Å². The molecule has 4 rings (SSSR count). The summed E-state index contributed by atoms with van der Waals surface area (Å²) < 4.78 is 16.3. The molecule has 7 nitrogen and oxygen atoms in total. The minimum Gasteiger partial charge on any atom is -0.318 e. The fourth-order valence-corrected chi connectivity index (χ4v) is 2.79. The smallest absolute Gasteiger partial charge is 0.277 e. The van der Waals surface area contributed by atoms with Crippen LogP contribution in [0.25, 0.3) is 5.65 Å². The third-order valence-electron chi connectivity index (χ3n) is 3.68. The molecule has 3 aromatic heterocycles. The molecule has 1 N–H and O–H groups in total. The highest BCUT2D eigenvalue weighted by Crippen LogP contribution is 2.21. The molecule has 0 aliphatic rings. The Bertz CT molecular complexity index is 1110. The van der Waals surface area contributed by atoms with Crippen molar-refractivity contribution < 1.29 is 9.18 Å². The van der Waals surface area contributed by atoms with Gasteiger partial charge in [0, 0.05) is 18.6 Å². The van der Waals surface area contributed by atoms with Gasteiger partial charge in [0.05, 0.1) is 18.4 Å². The lowest BCUT2D eigenvalue weighted by atomic mass is 10.2. The first-order valence-electron chi connectivity index (χ1n) is 7.67. The second-order valence-corrected chi connectivity index (χ2v) is 5.94. The first-order valence-corrected chi connectivity index (χ1v) is 8.05. The molecule has 0 saturated heterocycles. The normalized spacial score (nSPS) is 11.0. The molecule has 3 heterocycles. The number of hydrogen-bond acceptors (Lipinski definition) is 4. The second-order valence-electron chi connectivity index (χ2n) is 5.56. The van der Waals surface area contributed by atoms with Crippen LogP contribution in [0.2, 0.25) is 5.02 Å². The maximum absolute atomic E-state index is 13.2. The van der Waals surface area contributed by atoms with Crippen molar-refractivity contribution in [1.29, 1.82) is 0 Å². The average Bonchev–Trinajstić information content (AvgIpc) is 3.20. The van der Waals surface area contributed by atoms with E-state index in [2.05, 4.69) is 20.5 Å². The Balaban J connectivity index is 1.51. The van der Waals surface area contributed by atoms with Crippen LogP contribution in [0.4, 0.5) is 10.1 Å². The Kier molecular flexibility index (Phi) is 4.10. The van der Waals surface area contributed by atoms with E-state index in [0.29, 0.717) is 17.9 Å². The summed E-state index contributed by atoms with van der Waals surface area (Å²) in [7, 11) is 0. The van der Waals surface area contributed by atoms with Crippen LogP contribution in [0.5, 0.6) is 0 Å². The molecule has 0 fully saturated rings. The Morgan fingerprint density at radius 3 is 3.00 bits per heavy atom. The van der Waals surface area contributed by atoms with Gasteiger partial charge in [-0.15, -0.1) is 0 Å². The zero-order chi connectivity index (χ0) is 18.1. The second kappa shape index (κ2) is 6.57. The highest BCUT2D eigenvalue weighted by molar-refractivity contribution is 6.37. The number of benzene rings is 1. The number of carbonyl (C=O) groups is 1. The van der Waals surface area contributed by atoms with Crippen molar-refractivity contribution in [3.8, 4) is 0 Å². The van der Waals surface area contributed by atoms with Gasteiger partial charge in [0.15, 0.2) is 11.3 Å². The Labute approximate surface area is 152 Å². The molecule has 9 heteroatoms. The van der Waals surface area contributed by atoms with Gasteiger partial charge >= 0.3 is 0 Å². The van der Waals surface area contributed by atoms with E-state index in [9.17, 15) is 9.18 Å². The van der Waals surface area contributed by atoms with Crippen LogP contribution < -0.4 is 5.32 Å². The van der Waals surface area contributed by atoms with Gasteiger partial charge in [-0.1, -0.05) is 23.7 Å². The zero-order valence-corrected chi connectivity index (χ0v) is 14.1. The zero-order valence-electron chi connectivity index (χ0n) is 13.3. The molecule has 0 saturated carbocycles. The van der Waals surface area contributed by atoms with Crippen LogP contribution in [-0.4, -0.2) is 30.3 Å². The summed E-state index contributed by atoms with van der Waals surface area (Å²) in [6.45, 7) is 0.382. The number of nitrogens with one attached hydrogen (secondary N) is 1. The molecule has 0 bridgehead atoms. The lowest BCUT2D eigenvalue weighted by Crippen LogP contribution is -2.12. The van der Waals surface area contributed by atoms with E-state index in [1.54, 1.807) is 41.5 Å². The molecule has 26 heavy (non-hydrogen) atoms. The van der Waals surface area contributed by atoms with Gasteiger partial charge in [0.1, 0.15) is 10.8 Å². The predicted octanol–water partition coefficient (Wildman–Crippen LogP) is 3.02. The van der Waals surface area contributed by atoms with E-state index in [-0.39, 0.29) is 16.5 Å². The van der Waals surface area contributed by atoms with E-state index in [0.717, 1.165) is 5.56 Å². The highest BCUT2D eigenvalue weighted by Gasteiger charge is 2.19. The molecule has 1 amide bonds. The molecule has 0 unspecified atom stereocenters. The van der Waals surface area contributed by atoms with E-state index in [4.69, 9.17) is 11.6 Å². The Hall–Kier alpha value is -3.26. The summed E-state index contributed by atoms with van der Waals surface area (Å²) >= 11 is 6.18. The van der Waals surface area contributed by atoms with Gasteiger partial charge < -0.3 is 5.32 Å². The van der Waals surface area contributed by atoms with Crippen LogP contribution in [-0.2, 0) is 6.54 Å². The topological polar surface area (TPSA) is 77.1 Å². The molecule has 0 radical (unpaired) electrons. The fourth-order valence-electron chi connectivity index (χ4n) is 2.53. The highest BCUT2D eigenvalue weighted by atomic mass is 35.5. The third-order valence-corrected chi connectivity index (χ3v) is 4.03. The van der Waals surface area contributed by atoms with Crippen LogP contribution in [0, 0.1) is 5.82 Å². The summed E-state index contributed by atoms with van der Waals surface area (Å²) in [5.74, 6) is -0.774. The van der Waals surface area contributed by atoms with Gasteiger partial charge in [-0.25, -0.2) is 13.9 Å². The van der Waals surface area contributed by atoms with Crippen LogP contribution in [0.1, 0.15) is 16.1 Å². The van der Waals surface area contributed by atoms with Crippen molar-refractivity contribution in [2.75, 3.05) is 5.32 Å². The van der Waals surface area contributed by atoms with Gasteiger partial charge in [0.25, 0.3) is 5.91 Å². The lowest BCUT2D eigenvalue weighted by Gasteiger charge is -2.02. The molecular formula is C17H12ClFN6O. The van der Waals surface area contributed by atoms with Crippen LogP contribution in [0.15, 0.2) is 55.1 Å². The van der Waals surface area contributed by atoms with E-state index >= 15 is 0 Å². The number of anilines is 1. The van der Waals surface area contributed by atoms with Crippen molar-refractivity contribution >= 4 is 28.8 Å². The van der Waals surface area contributed by atoms with Crippen LogP contribution in [0.3, 0.4) is 0 Å². The number of rotatable bonds is 4. The number of hydrogen-bond donors (Lipinski definition) is 1. The summed E-state index contributed by atoms with van der Waals surface area (Å²) in [6.07, 6.45) is 6.37. The summed E-state index contributed by atoms with van der Waals surface area (Å²) in [6, 6.07) is 7.94. The van der Waals surface area contributed by atoms with Crippen molar-refractivity contribution in [3.05, 3.63) is 77.2 Å². The van der Waals surface area contributed by atoms with Gasteiger partial charge in [-0.05, 0) is 23.8 Å². The largest absolute Gasteiger partial charge is 0.318 e. The molecule has 0 spiro atoms. The SMILES string of the molecule is O=C(Nc1cnn(Cc2cccc(F)c2)c1)c1nn2cccnc2c1Cl. The molecule has 0 atom stereocenters. The van der Waals surface area contributed by atoms with Gasteiger partial charge in [0.2, 0.25) is 0 Å². The number of fused-ring (bicyclic) bond motifs is 1. The third kappa shape index (κ3) is 3.14. The number of amides is 1. The first kappa shape index (κ1) is 16.2. The predicted molar refractivity (Wildman–Crippen MR) is 93.7 cm³/mol. The lowest BCUT2D eigenvalue weighted by molar-refractivity contribution is 0.102. The van der Waals surface area contributed by atoms with Crippen molar-refractivity contribution in [2.45, 2.75) is 6.54 Å².